The molecule has 0 atom stereocenters. The highest BCUT2D eigenvalue weighted by molar-refractivity contribution is 6.04. The van der Waals surface area contributed by atoms with Crippen LogP contribution in [0, 0.1) is 0 Å². The van der Waals surface area contributed by atoms with Crippen LogP contribution in [0.15, 0.2) is 42.9 Å². The van der Waals surface area contributed by atoms with E-state index >= 15 is 0 Å². The molecule has 3 heterocycles. The van der Waals surface area contributed by atoms with Gasteiger partial charge in [-0.25, -0.2) is 4.98 Å². The summed E-state index contributed by atoms with van der Waals surface area (Å²) in [6, 6.07) is 6.93. The van der Waals surface area contributed by atoms with Crippen LogP contribution in [-0.2, 0) is 0 Å². The number of hydrogen-bond donors (Lipinski definition) is 1. The predicted molar refractivity (Wildman–Crippen MR) is 87.6 cm³/mol. The molecule has 1 aliphatic heterocycles. The number of rotatable bonds is 4. The molecule has 2 aromatic rings. The average molecular weight is 312 g/mol. The van der Waals surface area contributed by atoms with Gasteiger partial charge in [0.05, 0.1) is 11.9 Å². The number of aromatic nitrogens is 2. The van der Waals surface area contributed by atoms with Crippen molar-refractivity contribution in [1.82, 2.24) is 14.9 Å². The summed E-state index contributed by atoms with van der Waals surface area (Å²) in [5.41, 5.74) is 1.20. The summed E-state index contributed by atoms with van der Waals surface area (Å²) in [5, 5.41) is 2.80. The Labute approximate surface area is 135 Å². The zero-order valence-corrected chi connectivity index (χ0v) is 13.1. The highest BCUT2D eigenvalue weighted by atomic mass is 16.5. The highest BCUT2D eigenvalue weighted by Crippen LogP contribution is 2.18. The molecule has 6 nitrogen and oxygen atoms in total. The molecule has 1 N–H and O–H groups in total. The molecule has 23 heavy (non-hydrogen) atoms. The third-order valence-corrected chi connectivity index (χ3v) is 3.89. The fourth-order valence-corrected chi connectivity index (χ4v) is 2.50. The van der Waals surface area contributed by atoms with E-state index in [9.17, 15) is 4.79 Å². The van der Waals surface area contributed by atoms with Crippen molar-refractivity contribution in [3.63, 3.8) is 0 Å². The summed E-state index contributed by atoms with van der Waals surface area (Å²) in [4.78, 5) is 22.5. The summed E-state index contributed by atoms with van der Waals surface area (Å²) in [6.45, 7) is 2.09. The summed E-state index contributed by atoms with van der Waals surface area (Å²) in [7, 11) is 2.12. The van der Waals surface area contributed by atoms with E-state index in [4.69, 9.17) is 4.74 Å². The fraction of sp³-hybridized carbons (Fsp3) is 0.353. The molecule has 3 rings (SSSR count). The minimum absolute atomic E-state index is 0.182. The van der Waals surface area contributed by atoms with Crippen LogP contribution in [0.2, 0.25) is 0 Å². The van der Waals surface area contributed by atoms with E-state index in [-0.39, 0.29) is 12.0 Å². The number of pyridine rings is 2. The highest BCUT2D eigenvalue weighted by Gasteiger charge is 2.18. The van der Waals surface area contributed by atoms with Gasteiger partial charge in [0.2, 0.25) is 5.88 Å². The fourth-order valence-electron chi connectivity index (χ4n) is 2.50. The van der Waals surface area contributed by atoms with E-state index in [2.05, 4.69) is 27.2 Å². The number of anilines is 1. The molecule has 6 heteroatoms. The van der Waals surface area contributed by atoms with Crippen molar-refractivity contribution in [2.24, 2.45) is 0 Å². The number of ether oxygens (including phenoxy) is 1. The van der Waals surface area contributed by atoms with Gasteiger partial charge in [0.1, 0.15) is 6.10 Å². The van der Waals surface area contributed by atoms with Crippen LogP contribution in [0.25, 0.3) is 0 Å². The third kappa shape index (κ3) is 4.26. The number of likely N-dealkylation sites (tertiary alicyclic amines) is 1. The number of nitrogens with one attached hydrogen (secondary N) is 1. The molecule has 120 valence electrons. The maximum absolute atomic E-state index is 12.0. The van der Waals surface area contributed by atoms with Crippen LogP contribution in [-0.4, -0.2) is 47.0 Å². The van der Waals surface area contributed by atoms with Crippen molar-refractivity contribution < 1.29 is 9.53 Å². The van der Waals surface area contributed by atoms with Gasteiger partial charge in [0, 0.05) is 37.1 Å². The molecule has 0 aromatic carbocycles. The molecule has 0 radical (unpaired) electrons. The third-order valence-electron chi connectivity index (χ3n) is 3.89. The molecule has 0 bridgehead atoms. The largest absolute Gasteiger partial charge is 0.474 e. The Morgan fingerprint density at radius 1 is 1.22 bits per heavy atom. The Hall–Kier alpha value is -2.47. The predicted octanol–water partition coefficient (Wildman–Crippen LogP) is 2.20. The molecule has 0 saturated carbocycles. The van der Waals surface area contributed by atoms with E-state index in [0.717, 1.165) is 25.9 Å². The lowest BCUT2D eigenvalue weighted by Crippen LogP contribution is -2.35. The number of amides is 1. The molecular weight excluding hydrogens is 292 g/mol. The molecule has 1 amide bonds. The average Bonchev–Trinajstić information content (AvgIpc) is 2.59. The minimum Gasteiger partial charge on any atom is -0.474 e. The lowest BCUT2D eigenvalue weighted by Gasteiger charge is -2.28. The van der Waals surface area contributed by atoms with E-state index < -0.39 is 0 Å². The van der Waals surface area contributed by atoms with Crippen molar-refractivity contribution in [2.75, 3.05) is 25.5 Å². The zero-order valence-electron chi connectivity index (χ0n) is 13.1. The van der Waals surface area contributed by atoms with Crippen LogP contribution < -0.4 is 10.1 Å². The van der Waals surface area contributed by atoms with Gasteiger partial charge >= 0.3 is 0 Å². The Kier molecular flexibility index (Phi) is 4.83. The normalized spacial score (nSPS) is 16.0. The topological polar surface area (TPSA) is 67.3 Å². The van der Waals surface area contributed by atoms with E-state index in [1.165, 1.54) is 0 Å². The molecule has 1 fully saturated rings. The SMILES string of the molecule is CN1CCC(Oc2ccc(NC(=O)c3ccncc3)cn2)CC1. The van der Waals surface area contributed by atoms with Crippen molar-refractivity contribution in [3.8, 4) is 5.88 Å². The Morgan fingerprint density at radius 2 is 1.96 bits per heavy atom. The molecule has 0 unspecified atom stereocenters. The van der Waals surface area contributed by atoms with Gasteiger partial charge in [-0.1, -0.05) is 0 Å². The van der Waals surface area contributed by atoms with Crippen LogP contribution in [0.4, 0.5) is 5.69 Å². The van der Waals surface area contributed by atoms with Gasteiger partial charge in [-0.15, -0.1) is 0 Å². The second-order valence-corrected chi connectivity index (χ2v) is 5.70. The molecule has 2 aromatic heterocycles. The van der Waals surface area contributed by atoms with E-state index in [0.29, 0.717) is 17.1 Å². The van der Waals surface area contributed by atoms with Crippen molar-refractivity contribution in [2.45, 2.75) is 18.9 Å². The van der Waals surface area contributed by atoms with Crippen molar-refractivity contribution in [1.29, 1.82) is 0 Å². The van der Waals surface area contributed by atoms with Gasteiger partial charge in [0.15, 0.2) is 0 Å². The number of piperidine rings is 1. The van der Waals surface area contributed by atoms with Crippen LogP contribution >= 0.6 is 0 Å². The van der Waals surface area contributed by atoms with Crippen molar-refractivity contribution in [3.05, 3.63) is 48.4 Å². The minimum atomic E-state index is -0.182. The summed E-state index contributed by atoms with van der Waals surface area (Å²) < 4.78 is 5.89. The van der Waals surface area contributed by atoms with Crippen molar-refractivity contribution >= 4 is 11.6 Å². The van der Waals surface area contributed by atoms with Gasteiger partial charge in [-0.2, -0.15) is 0 Å². The van der Waals surface area contributed by atoms with Crippen LogP contribution in [0.3, 0.4) is 0 Å². The van der Waals surface area contributed by atoms with Gasteiger partial charge in [0.25, 0.3) is 5.91 Å². The van der Waals surface area contributed by atoms with E-state index in [1.807, 2.05) is 0 Å². The number of hydrogen-bond acceptors (Lipinski definition) is 5. The van der Waals surface area contributed by atoms with E-state index in [1.54, 1.807) is 42.9 Å². The lowest BCUT2D eigenvalue weighted by atomic mass is 10.1. The summed E-state index contributed by atoms with van der Waals surface area (Å²) in [6.07, 6.45) is 7.04. The Morgan fingerprint density at radius 3 is 2.61 bits per heavy atom. The first-order valence-electron chi connectivity index (χ1n) is 7.73. The summed E-state index contributed by atoms with van der Waals surface area (Å²) >= 11 is 0. The lowest BCUT2D eigenvalue weighted by molar-refractivity contribution is 0.102. The van der Waals surface area contributed by atoms with Crippen LogP contribution in [0.5, 0.6) is 5.88 Å². The smallest absolute Gasteiger partial charge is 0.255 e. The number of carbonyl (C=O) groups excluding carboxylic acids is 1. The summed E-state index contributed by atoms with van der Waals surface area (Å²) in [5.74, 6) is 0.416. The maximum Gasteiger partial charge on any atom is 0.255 e. The second kappa shape index (κ2) is 7.19. The first-order chi connectivity index (χ1) is 11.2. The first-order valence-corrected chi connectivity index (χ1v) is 7.73. The number of carbonyl (C=O) groups is 1. The monoisotopic (exact) mass is 312 g/mol. The molecular formula is C17H20N4O2. The maximum atomic E-state index is 12.0. The molecule has 1 aliphatic rings. The van der Waals surface area contributed by atoms with Gasteiger partial charge in [-0.3, -0.25) is 9.78 Å². The molecule has 0 spiro atoms. The standard InChI is InChI=1S/C17H20N4O2/c1-21-10-6-15(7-11-21)23-16-3-2-14(12-19-16)20-17(22)13-4-8-18-9-5-13/h2-5,8-9,12,15H,6-7,10-11H2,1H3,(H,20,22). The van der Waals surface area contributed by atoms with Gasteiger partial charge < -0.3 is 15.0 Å². The Balaban J connectivity index is 1.56. The van der Waals surface area contributed by atoms with Gasteiger partial charge in [-0.05, 0) is 38.1 Å². The molecule has 0 aliphatic carbocycles. The zero-order chi connectivity index (χ0) is 16.1. The number of nitrogens with zero attached hydrogens (tertiary/aromatic N) is 3. The van der Waals surface area contributed by atoms with Crippen LogP contribution in [0.1, 0.15) is 23.2 Å². The quantitative estimate of drug-likeness (QED) is 0.937. The molecule has 1 saturated heterocycles. The Bertz CT molecular complexity index is 637. The first kappa shape index (κ1) is 15.4. The second-order valence-electron chi connectivity index (χ2n) is 5.70.